The Bertz CT molecular complexity index is 479. The molecule has 0 heterocycles. The fourth-order valence-electron chi connectivity index (χ4n) is 2.31. The van der Waals surface area contributed by atoms with E-state index >= 15 is 0 Å². The number of hydrogen-bond donors (Lipinski definition) is 1. The largest absolute Gasteiger partial charge is 0.450 e. The minimum Gasteiger partial charge on any atom is -0.450 e. The fraction of sp³-hybridized carbons (Fsp3) is 0.588. The van der Waals surface area contributed by atoms with Crippen LogP contribution in [0.2, 0.25) is 0 Å². The van der Waals surface area contributed by atoms with Gasteiger partial charge in [-0.1, -0.05) is 43.7 Å². The molecular weight excluding hydrogens is 296 g/mol. The second-order valence-corrected chi connectivity index (χ2v) is 5.73. The van der Waals surface area contributed by atoms with Crippen LogP contribution in [0.3, 0.4) is 0 Å². The van der Waals surface area contributed by atoms with Crippen molar-refractivity contribution in [2.24, 2.45) is 0 Å². The minimum atomic E-state index is -0.679. The summed E-state index contributed by atoms with van der Waals surface area (Å²) in [6.07, 6.45) is 2.66. The number of nitro groups is 1. The van der Waals surface area contributed by atoms with E-state index in [1.165, 1.54) is 0 Å². The van der Waals surface area contributed by atoms with Crippen molar-refractivity contribution in [2.45, 2.75) is 58.0 Å². The van der Waals surface area contributed by atoms with Crippen LogP contribution in [0.5, 0.6) is 0 Å². The summed E-state index contributed by atoms with van der Waals surface area (Å²) in [5.74, 6) is 0. The summed E-state index contributed by atoms with van der Waals surface area (Å²) in [6, 6.07) is 8.72. The molecule has 0 aromatic heterocycles. The van der Waals surface area contributed by atoms with Crippen molar-refractivity contribution in [1.82, 2.24) is 5.32 Å². The molecule has 6 heteroatoms. The predicted molar refractivity (Wildman–Crippen MR) is 89.0 cm³/mol. The topological polar surface area (TPSA) is 81.5 Å². The average molecular weight is 322 g/mol. The number of nitrogens with zero attached hydrogens (tertiary/aromatic N) is 1. The van der Waals surface area contributed by atoms with E-state index in [0.717, 1.165) is 18.4 Å². The number of alkyl carbamates (subject to hydrolysis) is 1. The summed E-state index contributed by atoms with van der Waals surface area (Å²) in [5, 5.41) is 13.9. The molecular formula is C17H26N2O4. The van der Waals surface area contributed by atoms with Crippen LogP contribution in [-0.2, 0) is 11.2 Å². The Morgan fingerprint density at radius 2 is 2.04 bits per heavy atom. The third kappa shape index (κ3) is 8.18. The summed E-state index contributed by atoms with van der Waals surface area (Å²) >= 11 is 0. The van der Waals surface area contributed by atoms with Crippen LogP contribution in [0.25, 0.3) is 0 Å². The molecule has 1 aromatic rings. The van der Waals surface area contributed by atoms with E-state index in [-0.39, 0.29) is 11.0 Å². The Labute approximate surface area is 137 Å². The van der Waals surface area contributed by atoms with Gasteiger partial charge in [0.1, 0.15) is 0 Å². The lowest BCUT2D eigenvalue weighted by atomic mass is 10.0. The molecule has 1 amide bonds. The maximum absolute atomic E-state index is 11.6. The molecule has 1 rings (SSSR count). The van der Waals surface area contributed by atoms with Gasteiger partial charge in [0, 0.05) is 23.8 Å². The van der Waals surface area contributed by atoms with Gasteiger partial charge >= 0.3 is 6.09 Å². The number of nitrogens with one attached hydrogen (secondary N) is 1. The number of rotatable bonds is 10. The fourth-order valence-corrected chi connectivity index (χ4v) is 2.31. The van der Waals surface area contributed by atoms with Gasteiger partial charge < -0.3 is 10.1 Å². The van der Waals surface area contributed by atoms with Gasteiger partial charge in [-0.15, -0.1) is 0 Å². The summed E-state index contributed by atoms with van der Waals surface area (Å²) < 4.78 is 5.00. The summed E-state index contributed by atoms with van der Waals surface area (Å²) in [4.78, 5) is 22.5. The van der Waals surface area contributed by atoms with Gasteiger partial charge in [-0.25, -0.2) is 4.79 Å². The predicted octanol–water partition coefficient (Wildman–Crippen LogP) is 3.57. The van der Waals surface area contributed by atoms with Crippen LogP contribution in [-0.4, -0.2) is 29.7 Å². The molecule has 0 aliphatic rings. The van der Waals surface area contributed by atoms with Crippen molar-refractivity contribution in [2.75, 3.05) is 6.61 Å². The Kier molecular flexibility index (Phi) is 8.72. The van der Waals surface area contributed by atoms with Crippen molar-refractivity contribution in [1.29, 1.82) is 0 Å². The van der Waals surface area contributed by atoms with Gasteiger partial charge in [0.15, 0.2) is 0 Å². The lowest BCUT2D eigenvalue weighted by molar-refractivity contribution is -0.524. The molecule has 0 aliphatic carbocycles. The van der Waals surface area contributed by atoms with Crippen LogP contribution < -0.4 is 5.32 Å². The van der Waals surface area contributed by atoms with Gasteiger partial charge in [0.25, 0.3) is 0 Å². The molecule has 2 atom stereocenters. The Morgan fingerprint density at radius 1 is 1.35 bits per heavy atom. The lowest BCUT2D eigenvalue weighted by Crippen LogP contribution is -2.37. The molecule has 0 bridgehead atoms. The number of carbonyl (C=O) groups is 1. The van der Waals surface area contributed by atoms with E-state index in [1.54, 1.807) is 6.92 Å². The van der Waals surface area contributed by atoms with Crippen molar-refractivity contribution >= 4 is 6.09 Å². The van der Waals surface area contributed by atoms with E-state index in [9.17, 15) is 14.9 Å². The summed E-state index contributed by atoms with van der Waals surface area (Å²) in [7, 11) is 0. The van der Waals surface area contributed by atoms with E-state index < -0.39 is 12.1 Å². The molecule has 23 heavy (non-hydrogen) atoms. The lowest BCUT2D eigenvalue weighted by Gasteiger charge is -2.16. The number of carbonyl (C=O) groups excluding carboxylic acids is 1. The first kappa shape index (κ1) is 18.9. The maximum atomic E-state index is 11.6. The molecule has 1 N–H and O–H groups in total. The van der Waals surface area contributed by atoms with Gasteiger partial charge in [-0.05, 0) is 25.3 Å². The smallest absolute Gasteiger partial charge is 0.407 e. The average Bonchev–Trinajstić information content (AvgIpc) is 2.52. The molecule has 1 unspecified atom stereocenters. The second-order valence-electron chi connectivity index (χ2n) is 5.73. The molecule has 0 saturated heterocycles. The second kappa shape index (κ2) is 10.6. The first-order valence-corrected chi connectivity index (χ1v) is 8.13. The maximum Gasteiger partial charge on any atom is 0.407 e. The highest BCUT2D eigenvalue weighted by Gasteiger charge is 2.24. The minimum absolute atomic E-state index is 0.260. The highest BCUT2D eigenvalue weighted by Crippen LogP contribution is 2.12. The normalized spacial score (nSPS) is 13.1. The van der Waals surface area contributed by atoms with Gasteiger partial charge in [0.2, 0.25) is 6.04 Å². The highest BCUT2D eigenvalue weighted by atomic mass is 16.6. The monoisotopic (exact) mass is 322 g/mol. The van der Waals surface area contributed by atoms with Crippen LogP contribution in [0.4, 0.5) is 4.79 Å². The third-order valence-corrected chi connectivity index (χ3v) is 3.63. The highest BCUT2D eigenvalue weighted by molar-refractivity contribution is 5.67. The molecule has 1 aromatic carbocycles. The SMILES string of the molecule is CCCCOC(=O)N[C@H](C)CC(CCc1ccccc1)[N+](=O)[O-]. The molecule has 0 aliphatic heterocycles. The Morgan fingerprint density at radius 3 is 2.65 bits per heavy atom. The molecule has 128 valence electrons. The van der Waals surface area contributed by atoms with Crippen molar-refractivity contribution < 1.29 is 14.5 Å². The summed E-state index contributed by atoms with van der Waals surface area (Å²) in [5.41, 5.74) is 1.08. The number of benzene rings is 1. The van der Waals surface area contributed by atoms with Crippen LogP contribution in [0.1, 0.15) is 45.1 Å². The van der Waals surface area contributed by atoms with E-state index in [1.807, 2.05) is 37.3 Å². The van der Waals surface area contributed by atoms with Gasteiger partial charge in [-0.2, -0.15) is 0 Å². The molecule has 0 saturated carbocycles. The Hall–Kier alpha value is -2.11. The standard InChI is InChI=1S/C17H26N2O4/c1-3-4-12-23-17(20)18-14(2)13-16(19(21)22)11-10-15-8-6-5-7-9-15/h5-9,14,16H,3-4,10-13H2,1-2H3,(H,18,20)/t14-,16?/m1/s1. The quantitative estimate of drug-likeness (QED) is 0.405. The summed E-state index contributed by atoms with van der Waals surface area (Å²) in [6.45, 7) is 4.15. The van der Waals surface area contributed by atoms with Crippen LogP contribution in [0.15, 0.2) is 30.3 Å². The number of aryl methyl sites for hydroxylation is 1. The van der Waals surface area contributed by atoms with Gasteiger partial charge in [0.05, 0.1) is 6.61 Å². The zero-order valence-corrected chi connectivity index (χ0v) is 13.9. The first-order valence-electron chi connectivity index (χ1n) is 8.13. The van der Waals surface area contributed by atoms with E-state index in [0.29, 0.717) is 25.9 Å². The number of ether oxygens (including phenoxy) is 1. The van der Waals surface area contributed by atoms with E-state index in [2.05, 4.69) is 5.32 Å². The molecule has 0 spiro atoms. The molecule has 6 nitrogen and oxygen atoms in total. The van der Waals surface area contributed by atoms with Crippen LogP contribution in [0, 0.1) is 10.1 Å². The zero-order valence-electron chi connectivity index (χ0n) is 13.9. The van der Waals surface area contributed by atoms with E-state index in [4.69, 9.17) is 4.74 Å². The van der Waals surface area contributed by atoms with Crippen molar-refractivity contribution in [3.63, 3.8) is 0 Å². The van der Waals surface area contributed by atoms with Gasteiger partial charge in [-0.3, -0.25) is 10.1 Å². The number of unbranched alkanes of at least 4 members (excludes halogenated alkanes) is 1. The molecule has 0 fully saturated rings. The van der Waals surface area contributed by atoms with Crippen molar-refractivity contribution in [3.8, 4) is 0 Å². The van der Waals surface area contributed by atoms with Crippen LogP contribution >= 0.6 is 0 Å². The zero-order chi connectivity index (χ0) is 17.1. The molecule has 0 radical (unpaired) electrons. The third-order valence-electron chi connectivity index (χ3n) is 3.63. The first-order chi connectivity index (χ1) is 11.0. The number of amides is 1. The Balaban J connectivity index is 2.39. The number of hydrogen-bond acceptors (Lipinski definition) is 4. The van der Waals surface area contributed by atoms with Crippen molar-refractivity contribution in [3.05, 3.63) is 46.0 Å².